The predicted octanol–water partition coefficient (Wildman–Crippen LogP) is 7.15. The van der Waals surface area contributed by atoms with E-state index < -0.39 is 0 Å². The first-order valence-corrected chi connectivity index (χ1v) is 10.0. The highest BCUT2D eigenvalue weighted by molar-refractivity contribution is 7.18. The Kier molecular flexibility index (Phi) is 3.96. The third-order valence-electron chi connectivity index (χ3n) is 4.98. The van der Waals surface area contributed by atoms with Crippen LogP contribution in [0.2, 0.25) is 0 Å². The summed E-state index contributed by atoms with van der Waals surface area (Å²) in [6.45, 7) is 7.87. The maximum absolute atomic E-state index is 4.94. The minimum Gasteiger partial charge on any atom is -0.292 e. The van der Waals surface area contributed by atoms with Crippen molar-refractivity contribution in [2.75, 3.05) is 0 Å². The standard InChI is InChI=1S/C25H18N2S/c1-3-4-8-17(2)21-10-7-12-23(26-21)27-22-11-6-5-9-19(22)20-14-13-18-15-16-28-25(18)24(20)27/h3-16H,1-2H2. The zero-order valence-electron chi connectivity index (χ0n) is 15.3. The molecule has 0 saturated heterocycles. The number of pyridine rings is 1. The van der Waals surface area contributed by atoms with Gasteiger partial charge in [-0.25, -0.2) is 4.98 Å². The van der Waals surface area contributed by atoms with Gasteiger partial charge < -0.3 is 0 Å². The van der Waals surface area contributed by atoms with E-state index in [4.69, 9.17) is 4.98 Å². The molecule has 28 heavy (non-hydrogen) atoms. The molecule has 0 amide bonds. The lowest BCUT2D eigenvalue weighted by atomic mass is 10.1. The summed E-state index contributed by atoms with van der Waals surface area (Å²) in [6, 6.07) is 21.2. The molecule has 0 spiro atoms. The van der Waals surface area contributed by atoms with Gasteiger partial charge in [0.15, 0.2) is 0 Å². The van der Waals surface area contributed by atoms with Crippen molar-refractivity contribution < 1.29 is 0 Å². The maximum Gasteiger partial charge on any atom is 0.138 e. The lowest BCUT2D eigenvalue weighted by Crippen LogP contribution is -1.99. The van der Waals surface area contributed by atoms with Crippen molar-refractivity contribution in [3.8, 4) is 5.82 Å². The first-order chi connectivity index (χ1) is 13.8. The van der Waals surface area contributed by atoms with Crippen molar-refractivity contribution in [1.29, 1.82) is 0 Å². The van der Waals surface area contributed by atoms with Crippen LogP contribution < -0.4 is 0 Å². The minimum absolute atomic E-state index is 0.861. The van der Waals surface area contributed by atoms with E-state index in [9.17, 15) is 0 Å². The normalized spacial score (nSPS) is 11.7. The molecule has 2 nitrogen and oxygen atoms in total. The topological polar surface area (TPSA) is 17.8 Å². The molecule has 0 aliphatic carbocycles. The summed E-state index contributed by atoms with van der Waals surface area (Å²) in [7, 11) is 0. The summed E-state index contributed by atoms with van der Waals surface area (Å²) in [6.07, 6.45) is 5.56. The van der Waals surface area contributed by atoms with Crippen LogP contribution in [0.5, 0.6) is 0 Å². The van der Waals surface area contributed by atoms with E-state index in [1.165, 1.54) is 26.4 Å². The fourth-order valence-corrected chi connectivity index (χ4v) is 4.64. The summed E-state index contributed by atoms with van der Waals surface area (Å²) in [5.41, 5.74) is 4.10. The van der Waals surface area contributed by atoms with Crippen LogP contribution in [0.15, 0.2) is 97.4 Å². The fraction of sp³-hybridized carbons (Fsp3) is 0. The highest BCUT2D eigenvalue weighted by Gasteiger charge is 2.16. The number of aromatic nitrogens is 2. The second-order valence-electron chi connectivity index (χ2n) is 6.65. The van der Waals surface area contributed by atoms with Gasteiger partial charge in [-0.3, -0.25) is 4.57 Å². The number of fused-ring (bicyclic) bond motifs is 5. The Labute approximate surface area is 167 Å². The van der Waals surface area contributed by atoms with E-state index in [1.807, 2.05) is 24.3 Å². The molecule has 0 aliphatic heterocycles. The molecule has 0 saturated carbocycles. The van der Waals surface area contributed by atoms with Crippen LogP contribution >= 0.6 is 11.3 Å². The Bertz CT molecular complexity index is 1400. The second-order valence-corrected chi connectivity index (χ2v) is 7.57. The summed E-state index contributed by atoms with van der Waals surface area (Å²) >= 11 is 1.77. The smallest absolute Gasteiger partial charge is 0.138 e. The third kappa shape index (κ3) is 2.52. The predicted molar refractivity (Wildman–Crippen MR) is 122 cm³/mol. The van der Waals surface area contributed by atoms with Gasteiger partial charge in [-0.15, -0.1) is 11.3 Å². The third-order valence-corrected chi connectivity index (χ3v) is 5.92. The molecule has 0 aliphatic rings. The van der Waals surface area contributed by atoms with Crippen LogP contribution in [-0.4, -0.2) is 9.55 Å². The number of allylic oxidation sites excluding steroid dienone is 4. The van der Waals surface area contributed by atoms with Crippen molar-refractivity contribution in [2.24, 2.45) is 0 Å². The van der Waals surface area contributed by atoms with Crippen LogP contribution in [0, 0.1) is 0 Å². The molecule has 3 heterocycles. The van der Waals surface area contributed by atoms with Gasteiger partial charge in [-0.2, -0.15) is 0 Å². The van der Waals surface area contributed by atoms with Crippen molar-refractivity contribution >= 4 is 48.8 Å². The molecule has 3 heteroatoms. The lowest BCUT2D eigenvalue weighted by molar-refractivity contribution is 1.07. The average molecular weight is 379 g/mol. The number of thiophene rings is 1. The Morgan fingerprint density at radius 1 is 0.964 bits per heavy atom. The molecule has 0 unspecified atom stereocenters. The molecule has 5 aromatic rings. The van der Waals surface area contributed by atoms with Crippen molar-refractivity contribution in [1.82, 2.24) is 9.55 Å². The molecule has 134 valence electrons. The van der Waals surface area contributed by atoms with Gasteiger partial charge in [-0.1, -0.05) is 67.8 Å². The number of hydrogen-bond donors (Lipinski definition) is 0. The SMILES string of the molecule is C=CC=CC(=C)c1cccc(-n2c3ccccc3c3ccc4ccsc4c32)n1. The summed E-state index contributed by atoms with van der Waals surface area (Å²) in [5.74, 6) is 0.901. The fourth-order valence-electron chi connectivity index (χ4n) is 3.71. The number of benzene rings is 2. The van der Waals surface area contributed by atoms with Crippen molar-refractivity contribution in [2.45, 2.75) is 0 Å². The van der Waals surface area contributed by atoms with Gasteiger partial charge in [0.1, 0.15) is 5.82 Å². The second kappa shape index (κ2) is 6.63. The lowest BCUT2D eigenvalue weighted by Gasteiger charge is -2.09. The minimum atomic E-state index is 0.861. The molecular formula is C25H18N2S. The zero-order valence-corrected chi connectivity index (χ0v) is 16.1. The van der Waals surface area contributed by atoms with Gasteiger partial charge in [0.05, 0.1) is 21.4 Å². The van der Waals surface area contributed by atoms with Crippen LogP contribution in [0.3, 0.4) is 0 Å². The van der Waals surface area contributed by atoms with Crippen molar-refractivity contribution in [3.63, 3.8) is 0 Å². The molecular weight excluding hydrogens is 360 g/mol. The Hall–Kier alpha value is -3.43. The summed E-state index contributed by atoms with van der Waals surface area (Å²) in [5, 5.41) is 5.90. The molecule has 0 N–H and O–H groups in total. The molecule has 0 bridgehead atoms. The Morgan fingerprint density at radius 2 is 1.86 bits per heavy atom. The van der Waals surface area contributed by atoms with Crippen LogP contribution in [0.1, 0.15) is 5.69 Å². The summed E-state index contributed by atoms with van der Waals surface area (Å²) in [4.78, 5) is 4.94. The van der Waals surface area contributed by atoms with E-state index in [1.54, 1.807) is 17.4 Å². The number of hydrogen-bond acceptors (Lipinski definition) is 2. The van der Waals surface area contributed by atoms with Crippen LogP contribution in [-0.2, 0) is 0 Å². The van der Waals surface area contributed by atoms with Gasteiger partial charge in [0, 0.05) is 10.8 Å². The average Bonchev–Trinajstić information content (AvgIpc) is 3.34. The van der Waals surface area contributed by atoms with Gasteiger partial charge in [-0.05, 0) is 40.6 Å². The van der Waals surface area contributed by atoms with Gasteiger partial charge in [0.25, 0.3) is 0 Å². The molecule has 3 aromatic heterocycles. The monoisotopic (exact) mass is 378 g/mol. The maximum atomic E-state index is 4.94. The van der Waals surface area contributed by atoms with E-state index >= 15 is 0 Å². The van der Waals surface area contributed by atoms with Gasteiger partial charge >= 0.3 is 0 Å². The van der Waals surface area contributed by atoms with Crippen LogP contribution in [0.4, 0.5) is 0 Å². The Morgan fingerprint density at radius 3 is 2.75 bits per heavy atom. The van der Waals surface area contributed by atoms with Gasteiger partial charge in [0.2, 0.25) is 0 Å². The first-order valence-electron chi connectivity index (χ1n) is 9.13. The van der Waals surface area contributed by atoms with Crippen LogP contribution in [0.25, 0.3) is 43.3 Å². The molecule has 0 atom stereocenters. The van der Waals surface area contributed by atoms with Crippen molar-refractivity contribution in [3.05, 3.63) is 103 Å². The molecule has 5 rings (SSSR count). The highest BCUT2D eigenvalue weighted by Crippen LogP contribution is 2.38. The number of para-hydroxylation sites is 1. The highest BCUT2D eigenvalue weighted by atomic mass is 32.1. The largest absolute Gasteiger partial charge is 0.292 e. The quantitative estimate of drug-likeness (QED) is 0.304. The summed E-state index contributed by atoms with van der Waals surface area (Å²) < 4.78 is 3.56. The number of nitrogens with zero attached hydrogens (tertiary/aromatic N) is 2. The van der Waals surface area contributed by atoms with E-state index in [2.05, 4.69) is 71.6 Å². The molecule has 0 fully saturated rings. The first kappa shape index (κ1) is 16.7. The molecule has 0 radical (unpaired) electrons. The Balaban J connectivity index is 1.85. The molecule has 2 aromatic carbocycles. The van der Waals surface area contributed by atoms with E-state index in [0.29, 0.717) is 0 Å². The zero-order chi connectivity index (χ0) is 19.1. The number of rotatable bonds is 4. The van der Waals surface area contributed by atoms with E-state index in [-0.39, 0.29) is 0 Å². The van der Waals surface area contributed by atoms with E-state index in [0.717, 1.165) is 22.6 Å².